The Bertz CT molecular complexity index is 781. The van der Waals surface area contributed by atoms with Gasteiger partial charge in [-0.3, -0.25) is 4.79 Å². The van der Waals surface area contributed by atoms with Gasteiger partial charge in [-0.05, 0) is 30.7 Å². The monoisotopic (exact) mass is 700 g/mol. The van der Waals surface area contributed by atoms with Crippen molar-refractivity contribution < 1.29 is 52.2 Å². The van der Waals surface area contributed by atoms with Gasteiger partial charge in [-0.2, -0.15) is 0 Å². The van der Waals surface area contributed by atoms with Gasteiger partial charge in [0.2, 0.25) is 0 Å². The normalized spacial score (nSPS) is 11.4. The first-order chi connectivity index (χ1) is 24.4. The van der Waals surface area contributed by atoms with Gasteiger partial charge in [-0.1, -0.05) is 71.1 Å². The highest BCUT2D eigenvalue weighted by Gasteiger charge is 1.98. The number of hydrogen-bond acceptors (Lipinski definition) is 11. The van der Waals surface area contributed by atoms with Gasteiger partial charge in [-0.15, -0.1) is 0 Å². The SMILES string of the molecule is CCCCCCCCCCCCCOCCOCCOCCOCCOCCOCCOCCOCCOCCOc1ccc(C=O)cc1. The van der Waals surface area contributed by atoms with Crippen molar-refractivity contribution in [1.82, 2.24) is 0 Å². The summed E-state index contributed by atoms with van der Waals surface area (Å²) in [6, 6.07) is 6.95. The van der Waals surface area contributed by atoms with Gasteiger partial charge in [0.05, 0.1) is 112 Å². The van der Waals surface area contributed by atoms with Crippen molar-refractivity contribution in [2.45, 2.75) is 77.6 Å². The first-order valence-corrected chi connectivity index (χ1v) is 18.7. The quantitative estimate of drug-likeness (QED) is 0.0564. The van der Waals surface area contributed by atoms with Crippen LogP contribution in [0.25, 0.3) is 0 Å². The lowest BCUT2D eigenvalue weighted by atomic mass is 10.1. The maximum Gasteiger partial charge on any atom is 0.150 e. The summed E-state index contributed by atoms with van der Waals surface area (Å²) < 4.78 is 55.2. The van der Waals surface area contributed by atoms with E-state index in [9.17, 15) is 4.79 Å². The fourth-order valence-electron chi connectivity index (χ4n) is 4.59. The Hall–Kier alpha value is -1.67. The number of rotatable bonds is 41. The molecule has 0 saturated heterocycles. The maximum atomic E-state index is 10.6. The van der Waals surface area contributed by atoms with Crippen LogP contribution in [-0.2, 0) is 42.6 Å². The molecule has 0 N–H and O–H groups in total. The van der Waals surface area contributed by atoms with Crippen molar-refractivity contribution in [3.63, 3.8) is 0 Å². The molecule has 1 rings (SSSR count). The van der Waals surface area contributed by atoms with Crippen LogP contribution in [0.2, 0.25) is 0 Å². The van der Waals surface area contributed by atoms with Crippen LogP contribution in [0.3, 0.4) is 0 Å². The highest BCUT2D eigenvalue weighted by Crippen LogP contribution is 2.12. The molecule has 0 aliphatic heterocycles. The van der Waals surface area contributed by atoms with Crippen LogP contribution < -0.4 is 4.74 Å². The summed E-state index contributed by atoms with van der Waals surface area (Å²) in [5.41, 5.74) is 0.622. The summed E-state index contributed by atoms with van der Waals surface area (Å²) >= 11 is 0. The molecule has 286 valence electrons. The minimum atomic E-state index is 0.436. The number of aldehydes is 1. The molecule has 0 aromatic heterocycles. The van der Waals surface area contributed by atoms with Gasteiger partial charge in [0.15, 0.2) is 0 Å². The lowest BCUT2D eigenvalue weighted by molar-refractivity contribution is -0.0254. The molecule has 0 bridgehead atoms. The van der Waals surface area contributed by atoms with Gasteiger partial charge in [0.25, 0.3) is 0 Å². The zero-order valence-corrected chi connectivity index (χ0v) is 30.6. The van der Waals surface area contributed by atoms with E-state index < -0.39 is 0 Å². The van der Waals surface area contributed by atoms with Crippen LogP contribution in [0, 0.1) is 0 Å². The van der Waals surface area contributed by atoms with E-state index in [4.69, 9.17) is 47.4 Å². The molecule has 49 heavy (non-hydrogen) atoms. The van der Waals surface area contributed by atoms with Crippen molar-refractivity contribution in [2.24, 2.45) is 0 Å². The van der Waals surface area contributed by atoms with Crippen LogP contribution in [0.1, 0.15) is 87.9 Å². The fraction of sp³-hybridized carbons (Fsp3) is 0.816. The summed E-state index contributed by atoms with van der Waals surface area (Å²) in [6.07, 6.45) is 15.7. The number of ether oxygens (including phenoxy) is 10. The second-order valence-electron chi connectivity index (χ2n) is 11.6. The van der Waals surface area contributed by atoms with Crippen molar-refractivity contribution in [1.29, 1.82) is 0 Å². The molecule has 0 unspecified atom stereocenters. The number of benzene rings is 1. The Labute approximate surface area is 296 Å². The van der Waals surface area contributed by atoms with E-state index >= 15 is 0 Å². The molecule has 11 heteroatoms. The summed E-state index contributed by atoms with van der Waals surface area (Å²) in [6.45, 7) is 12.5. The van der Waals surface area contributed by atoms with Gasteiger partial charge in [-0.25, -0.2) is 0 Å². The van der Waals surface area contributed by atoms with Crippen LogP contribution in [0.5, 0.6) is 5.75 Å². The van der Waals surface area contributed by atoms with Gasteiger partial charge in [0.1, 0.15) is 18.6 Å². The molecule has 0 amide bonds. The summed E-state index contributed by atoms with van der Waals surface area (Å²) in [5.74, 6) is 0.709. The van der Waals surface area contributed by atoms with Crippen molar-refractivity contribution in [2.75, 3.05) is 126 Å². The Morgan fingerprint density at radius 1 is 0.367 bits per heavy atom. The molecule has 1 aromatic carbocycles. The van der Waals surface area contributed by atoms with Gasteiger partial charge < -0.3 is 47.4 Å². The Morgan fingerprint density at radius 2 is 0.653 bits per heavy atom. The molecule has 0 saturated carbocycles. The first-order valence-electron chi connectivity index (χ1n) is 18.7. The minimum Gasteiger partial charge on any atom is -0.491 e. The summed E-state index contributed by atoms with van der Waals surface area (Å²) in [5, 5.41) is 0. The molecule has 0 radical (unpaired) electrons. The van der Waals surface area contributed by atoms with Crippen molar-refractivity contribution in [3.8, 4) is 5.75 Å². The van der Waals surface area contributed by atoms with E-state index in [1.807, 2.05) is 0 Å². The fourth-order valence-corrected chi connectivity index (χ4v) is 4.59. The third kappa shape index (κ3) is 34.6. The zero-order valence-electron chi connectivity index (χ0n) is 30.6. The molecule has 0 aliphatic carbocycles. The number of carbonyl (C=O) groups excluding carboxylic acids is 1. The lowest BCUT2D eigenvalue weighted by Crippen LogP contribution is -2.15. The molecule has 0 atom stereocenters. The van der Waals surface area contributed by atoms with Gasteiger partial charge in [0, 0.05) is 12.2 Å². The molecule has 0 aliphatic rings. The predicted molar refractivity (Wildman–Crippen MR) is 191 cm³/mol. The van der Waals surface area contributed by atoms with E-state index in [0.717, 1.165) is 19.3 Å². The predicted octanol–water partition coefficient (Wildman–Crippen LogP) is 6.34. The van der Waals surface area contributed by atoms with Crippen LogP contribution >= 0.6 is 0 Å². The molecule has 0 fully saturated rings. The smallest absolute Gasteiger partial charge is 0.150 e. The van der Waals surface area contributed by atoms with E-state index in [1.165, 1.54) is 64.2 Å². The summed E-state index contributed by atoms with van der Waals surface area (Å²) in [4.78, 5) is 10.6. The average molecular weight is 701 g/mol. The second kappa shape index (κ2) is 39.1. The number of unbranched alkanes of at least 4 members (excludes halogenated alkanes) is 10. The topological polar surface area (TPSA) is 109 Å². The van der Waals surface area contributed by atoms with Crippen LogP contribution in [-0.4, -0.2) is 132 Å². The van der Waals surface area contributed by atoms with E-state index in [2.05, 4.69) is 6.92 Å². The first kappa shape index (κ1) is 45.4. The largest absolute Gasteiger partial charge is 0.491 e. The summed E-state index contributed by atoms with van der Waals surface area (Å²) in [7, 11) is 0. The Morgan fingerprint density at radius 3 is 0.980 bits per heavy atom. The standard InChI is InChI=1S/C38H68O11/c1-2-3-4-5-6-7-8-9-10-11-12-17-40-18-19-41-20-21-42-22-23-43-24-25-44-26-27-45-28-29-46-30-31-47-32-33-48-34-35-49-38-15-13-37(36-39)14-16-38/h13-16,36H,2-12,17-35H2,1H3. The second-order valence-corrected chi connectivity index (χ2v) is 11.6. The van der Waals surface area contributed by atoms with E-state index in [1.54, 1.807) is 24.3 Å². The van der Waals surface area contributed by atoms with Crippen LogP contribution in [0.15, 0.2) is 24.3 Å². The third-order valence-electron chi connectivity index (χ3n) is 7.38. The highest BCUT2D eigenvalue weighted by atomic mass is 16.6. The van der Waals surface area contributed by atoms with E-state index in [0.29, 0.717) is 130 Å². The van der Waals surface area contributed by atoms with Crippen molar-refractivity contribution in [3.05, 3.63) is 29.8 Å². The molecular weight excluding hydrogens is 632 g/mol. The highest BCUT2D eigenvalue weighted by molar-refractivity contribution is 5.74. The molecule has 0 heterocycles. The van der Waals surface area contributed by atoms with E-state index in [-0.39, 0.29) is 0 Å². The Balaban J connectivity index is 1.62. The minimum absolute atomic E-state index is 0.436. The number of hydrogen-bond donors (Lipinski definition) is 0. The lowest BCUT2D eigenvalue weighted by Gasteiger charge is -2.09. The molecular formula is C38H68O11. The van der Waals surface area contributed by atoms with Gasteiger partial charge >= 0.3 is 0 Å². The van der Waals surface area contributed by atoms with Crippen LogP contribution in [0.4, 0.5) is 0 Å². The third-order valence-corrected chi connectivity index (χ3v) is 7.38. The molecule has 0 spiro atoms. The Kier molecular flexibility index (Phi) is 36.2. The zero-order chi connectivity index (χ0) is 35.0. The number of carbonyl (C=O) groups is 1. The maximum absolute atomic E-state index is 10.6. The average Bonchev–Trinajstić information content (AvgIpc) is 3.13. The molecule has 1 aromatic rings. The molecule has 11 nitrogen and oxygen atoms in total. The van der Waals surface area contributed by atoms with Crippen molar-refractivity contribution >= 4 is 6.29 Å².